The molecular formula is C17H32N2O4S. The quantitative estimate of drug-likeness (QED) is 0.655. The van der Waals surface area contributed by atoms with E-state index in [1.165, 1.54) is 0 Å². The van der Waals surface area contributed by atoms with Crippen molar-refractivity contribution < 1.29 is 17.9 Å². The molecule has 0 aromatic heterocycles. The monoisotopic (exact) mass is 360 g/mol. The third-order valence-electron chi connectivity index (χ3n) is 5.40. The molecule has 6 nitrogen and oxygen atoms in total. The average molecular weight is 361 g/mol. The van der Waals surface area contributed by atoms with Crippen LogP contribution >= 0.6 is 0 Å². The van der Waals surface area contributed by atoms with Crippen LogP contribution in [-0.4, -0.2) is 70.1 Å². The van der Waals surface area contributed by atoms with Gasteiger partial charge in [0.05, 0.1) is 11.5 Å². The molecule has 1 amide bonds. The molecule has 0 aromatic rings. The van der Waals surface area contributed by atoms with Crippen LogP contribution in [0.1, 0.15) is 39.0 Å². The van der Waals surface area contributed by atoms with E-state index in [0.717, 1.165) is 32.4 Å². The van der Waals surface area contributed by atoms with Crippen molar-refractivity contribution in [3.63, 3.8) is 0 Å². The van der Waals surface area contributed by atoms with E-state index in [1.54, 1.807) is 7.11 Å². The Bertz CT molecular complexity index is 503. The van der Waals surface area contributed by atoms with Gasteiger partial charge in [0, 0.05) is 32.7 Å². The molecule has 2 aliphatic rings. The topological polar surface area (TPSA) is 75.7 Å². The number of piperidine rings is 1. The number of methoxy groups -OCH3 is 1. The summed E-state index contributed by atoms with van der Waals surface area (Å²) in [5, 5.41) is 3.36. The van der Waals surface area contributed by atoms with Crippen LogP contribution in [-0.2, 0) is 19.4 Å². The van der Waals surface area contributed by atoms with E-state index >= 15 is 0 Å². The fourth-order valence-corrected chi connectivity index (χ4v) is 5.61. The zero-order valence-electron chi connectivity index (χ0n) is 15.0. The normalized spacial score (nSPS) is 25.5. The van der Waals surface area contributed by atoms with Gasteiger partial charge in [0.1, 0.15) is 0 Å². The predicted molar refractivity (Wildman–Crippen MR) is 94.6 cm³/mol. The first-order valence-electron chi connectivity index (χ1n) is 9.12. The van der Waals surface area contributed by atoms with E-state index in [9.17, 15) is 13.2 Å². The molecule has 2 aliphatic heterocycles. The fourth-order valence-electron chi connectivity index (χ4n) is 3.88. The van der Waals surface area contributed by atoms with Gasteiger partial charge in [0.15, 0.2) is 9.84 Å². The molecule has 0 aromatic carbocycles. The van der Waals surface area contributed by atoms with E-state index in [0.29, 0.717) is 37.8 Å². The lowest BCUT2D eigenvalue weighted by Crippen LogP contribution is -2.43. The van der Waals surface area contributed by atoms with Crippen molar-refractivity contribution in [3.05, 3.63) is 0 Å². The highest BCUT2D eigenvalue weighted by molar-refractivity contribution is 7.91. The number of carbonyl (C=O) groups is 1. The molecule has 1 N–H and O–H groups in total. The highest BCUT2D eigenvalue weighted by atomic mass is 32.2. The molecule has 0 spiro atoms. The van der Waals surface area contributed by atoms with Gasteiger partial charge in [-0.25, -0.2) is 8.42 Å². The second-order valence-corrected chi connectivity index (χ2v) is 9.49. The van der Waals surface area contributed by atoms with E-state index in [2.05, 4.69) is 12.2 Å². The van der Waals surface area contributed by atoms with Crippen LogP contribution in [0.4, 0.5) is 0 Å². The van der Waals surface area contributed by atoms with E-state index in [4.69, 9.17) is 4.74 Å². The maximum atomic E-state index is 12.9. The van der Waals surface area contributed by atoms with Gasteiger partial charge in [-0.15, -0.1) is 0 Å². The lowest BCUT2D eigenvalue weighted by molar-refractivity contribution is -0.134. The third kappa shape index (κ3) is 5.70. The first-order chi connectivity index (χ1) is 11.4. The summed E-state index contributed by atoms with van der Waals surface area (Å²) >= 11 is 0. The molecule has 2 rings (SSSR count). The summed E-state index contributed by atoms with van der Waals surface area (Å²) in [4.78, 5) is 14.7. The van der Waals surface area contributed by atoms with Crippen molar-refractivity contribution in [2.24, 2.45) is 11.8 Å². The summed E-state index contributed by atoms with van der Waals surface area (Å²) in [6.07, 6.45) is 4.09. The van der Waals surface area contributed by atoms with Crippen molar-refractivity contribution >= 4 is 15.7 Å². The summed E-state index contributed by atoms with van der Waals surface area (Å²) < 4.78 is 28.7. The number of amides is 1. The Morgan fingerprint density at radius 3 is 2.58 bits per heavy atom. The number of rotatable bonds is 8. The molecule has 24 heavy (non-hydrogen) atoms. The van der Waals surface area contributed by atoms with Gasteiger partial charge in [-0.3, -0.25) is 4.79 Å². The first kappa shape index (κ1) is 19.7. The van der Waals surface area contributed by atoms with Crippen LogP contribution in [0.3, 0.4) is 0 Å². The van der Waals surface area contributed by atoms with E-state index < -0.39 is 9.84 Å². The largest absolute Gasteiger partial charge is 0.385 e. The minimum absolute atomic E-state index is 0.110. The summed E-state index contributed by atoms with van der Waals surface area (Å²) in [5.41, 5.74) is 0. The lowest BCUT2D eigenvalue weighted by atomic mass is 9.84. The van der Waals surface area contributed by atoms with Gasteiger partial charge in [0.25, 0.3) is 0 Å². The number of nitrogens with zero attached hydrogens (tertiary/aromatic N) is 1. The van der Waals surface area contributed by atoms with Gasteiger partial charge in [-0.1, -0.05) is 6.92 Å². The molecule has 2 fully saturated rings. The third-order valence-corrected chi connectivity index (χ3v) is 7.15. The van der Waals surface area contributed by atoms with Crippen LogP contribution in [0, 0.1) is 11.8 Å². The molecule has 0 aliphatic carbocycles. The van der Waals surface area contributed by atoms with E-state index in [-0.39, 0.29) is 23.5 Å². The Hall–Kier alpha value is -0.660. The maximum absolute atomic E-state index is 12.9. The van der Waals surface area contributed by atoms with Crippen molar-refractivity contribution in [1.29, 1.82) is 0 Å². The summed E-state index contributed by atoms with van der Waals surface area (Å²) in [6, 6.07) is -0.153. The standard InChI is InChI=1S/C17H32N2O4S/c1-14(15-4-7-18-8-5-15)12-17(20)19(9-3-10-23-2)16-6-11-24(21,22)13-16/h14-16,18H,3-13H2,1-2H3. The number of carbonyl (C=O) groups excluding carboxylic acids is 1. The molecule has 2 unspecified atom stereocenters. The first-order valence-corrected chi connectivity index (χ1v) is 10.9. The molecule has 0 bridgehead atoms. The van der Waals surface area contributed by atoms with Crippen molar-refractivity contribution in [1.82, 2.24) is 10.2 Å². The van der Waals surface area contributed by atoms with Crippen LogP contribution < -0.4 is 5.32 Å². The van der Waals surface area contributed by atoms with Crippen LogP contribution in [0.15, 0.2) is 0 Å². The van der Waals surface area contributed by atoms with Crippen molar-refractivity contribution in [2.75, 3.05) is 44.9 Å². The second-order valence-electron chi connectivity index (χ2n) is 7.26. The molecule has 2 saturated heterocycles. The van der Waals surface area contributed by atoms with Gasteiger partial charge >= 0.3 is 0 Å². The zero-order valence-corrected chi connectivity index (χ0v) is 15.8. The van der Waals surface area contributed by atoms with Crippen molar-refractivity contribution in [2.45, 2.75) is 45.1 Å². The number of hydrogen-bond acceptors (Lipinski definition) is 5. The Kier molecular flexibility index (Phi) is 7.50. The molecule has 2 atom stereocenters. The molecule has 2 heterocycles. The predicted octanol–water partition coefficient (Wildman–Crippen LogP) is 1.06. The van der Waals surface area contributed by atoms with Crippen LogP contribution in [0.25, 0.3) is 0 Å². The minimum Gasteiger partial charge on any atom is -0.385 e. The summed E-state index contributed by atoms with van der Waals surface area (Å²) in [7, 11) is -1.34. The molecule has 140 valence electrons. The smallest absolute Gasteiger partial charge is 0.223 e. The van der Waals surface area contributed by atoms with Gasteiger partial charge in [-0.05, 0) is 50.6 Å². The number of sulfone groups is 1. The van der Waals surface area contributed by atoms with Crippen LogP contribution in [0.2, 0.25) is 0 Å². The summed E-state index contributed by atoms with van der Waals surface area (Å²) in [5.74, 6) is 1.37. The SMILES string of the molecule is COCCCN(C(=O)CC(C)C1CCNCC1)C1CCS(=O)(=O)C1. The molecule has 7 heteroatoms. The Morgan fingerprint density at radius 1 is 1.29 bits per heavy atom. The highest BCUT2D eigenvalue weighted by Gasteiger charge is 2.35. The Morgan fingerprint density at radius 2 is 2.00 bits per heavy atom. The lowest BCUT2D eigenvalue weighted by Gasteiger charge is -2.32. The zero-order chi connectivity index (χ0) is 17.6. The van der Waals surface area contributed by atoms with Crippen molar-refractivity contribution in [3.8, 4) is 0 Å². The number of hydrogen-bond donors (Lipinski definition) is 1. The summed E-state index contributed by atoms with van der Waals surface area (Å²) in [6.45, 7) is 5.40. The minimum atomic E-state index is -2.99. The average Bonchev–Trinajstić information content (AvgIpc) is 2.92. The highest BCUT2D eigenvalue weighted by Crippen LogP contribution is 2.26. The van der Waals surface area contributed by atoms with Gasteiger partial charge < -0.3 is 15.0 Å². The number of nitrogens with one attached hydrogen (secondary N) is 1. The number of ether oxygens (including phenoxy) is 1. The molecule has 0 saturated carbocycles. The Balaban J connectivity index is 1.95. The Labute approximate surface area is 146 Å². The van der Waals surface area contributed by atoms with Gasteiger partial charge in [0.2, 0.25) is 5.91 Å². The van der Waals surface area contributed by atoms with Gasteiger partial charge in [-0.2, -0.15) is 0 Å². The fraction of sp³-hybridized carbons (Fsp3) is 0.941. The molecular weight excluding hydrogens is 328 g/mol. The maximum Gasteiger partial charge on any atom is 0.223 e. The van der Waals surface area contributed by atoms with Crippen LogP contribution in [0.5, 0.6) is 0 Å². The molecule has 0 radical (unpaired) electrons. The van der Waals surface area contributed by atoms with E-state index in [1.807, 2.05) is 4.90 Å². The second kappa shape index (κ2) is 9.15.